The van der Waals surface area contributed by atoms with Crippen LogP contribution in [-0.2, 0) is 0 Å². The molecule has 1 unspecified atom stereocenters. The van der Waals surface area contributed by atoms with Crippen molar-refractivity contribution in [3.8, 4) is 11.5 Å². The summed E-state index contributed by atoms with van der Waals surface area (Å²) < 4.78 is 11.2. The number of aromatic nitrogens is 1. The van der Waals surface area contributed by atoms with Gasteiger partial charge in [-0.05, 0) is 42.8 Å². The molecule has 1 aliphatic heterocycles. The monoisotopic (exact) mass is 377 g/mol. The van der Waals surface area contributed by atoms with Crippen molar-refractivity contribution in [2.75, 3.05) is 40.4 Å². The lowest BCUT2D eigenvalue weighted by Gasteiger charge is -2.32. The Morgan fingerprint density at radius 2 is 1.89 bits per heavy atom. The number of benzene rings is 2. The van der Waals surface area contributed by atoms with Crippen LogP contribution in [0, 0.1) is 0 Å². The van der Waals surface area contributed by atoms with Gasteiger partial charge in [0, 0.05) is 42.8 Å². The molecule has 0 spiro atoms. The van der Waals surface area contributed by atoms with Gasteiger partial charge in [-0.2, -0.15) is 0 Å². The number of para-hydroxylation sites is 1. The summed E-state index contributed by atoms with van der Waals surface area (Å²) in [5, 5.41) is 4.66. The van der Waals surface area contributed by atoms with Crippen molar-refractivity contribution >= 4 is 10.9 Å². The number of hydrogen-bond donors (Lipinski definition) is 1. The number of rotatable bonds is 5. The second-order valence-corrected chi connectivity index (χ2v) is 7.11. The second-order valence-electron chi connectivity index (χ2n) is 7.11. The summed E-state index contributed by atoms with van der Waals surface area (Å²) in [5.41, 5.74) is 3.34. The maximum Gasteiger partial charge on any atom is 0.127 e. The summed E-state index contributed by atoms with van der Waals surface area (Å²) in [6.45, 7) is 4.04. The van der Waals surface area contributed by atoms with Crippen LogP contribution in [-0.4, -0.2) is 50.3 Å². The molecule has 1 saturated heterocycles. The molecule has 146 valence electrons. The van der Waals surface area contributed by atoms with Crippen molar-refractivity contribution in [1.82, 2.24) is 15.2 Å². The molecule has 2 aromatic carbocycles. The zero-order valence-electron chi connectivity index (χ0n) is 16.5. The number of nitrogens with one attached hydrogen (secondary N) is 1. The predicted octanol–water partition coefficient (Wildman–Crippen LogP) is 3.64. The van der Waals surface area contributed by atoms with Crippen molar-refractivity contribution in [2.45, 2.75) is 12.5 Å². The van der Waals surface area contributed by atoms with Crippen LogP contribution in [0.15, 0.2) is 54.7 Å². The van der Waals surface area contributed by atoms with Crippen LogP contribution in [0.4, 0.5) is 0 Å². The molecule has 5 heteroatoms. The second kappa shape index (κ2) is 8.59. The highest BCUT2D eigenvalue weighted by Crippen LogP contribution is 2.37. The molecule has 3 aromatic rings. The van der Waals surface area contributed by atoms with Crippen LogP contribution in [0.25, 0.3) is 10.9 Å². The highest BCUT2D eigenvalue weighted by molar-refractivity contribution is 5.79. The number of hydrogen-bond acceptors (Lipinski definition) is 5. The first-order valence-corrected chi connectivity index (χ1v) is 9.81. The fraction of sp³-hybridized carbons (Fsp3) is 0.348. The first-order chi connectivity index (χ1) is 13.8. The molecule has 0 radical (unpaired) electrons. The van der Waals surface area contributed by atoms with E-state index in [0.29, 0.717) is 0 Å². The lowest BCUT2D eigenvalue weighted by Crippen LogP contribution is -2.33. The molecule has 28 heavy (non-hydrogen) atoms. The van der Waals surface area contributed by atoms with Crippen LogP contribution < -0.4 is 14.8 Å². The largest absolute Gasteiger partial charge is 0.497 e. The molecule has 0 amide bonds. The first kappa shape index (κ1) is 18.7. The van der Waals surface area contributed by atoms with Gasteiger partial charge in [0.05, 0.1) is 25.8 Å². The average molecular weight is 377 g/mol. The Hall–Kier alpha value is -2.63. The molecule has 1 atom stereocenters. The molecular weight excluding hydrogens is 350 g/mol. The van der Waals surface area contributed by atoms with Crippen LogP contribution in [0.5, 0.6) is 11.5 Å². The van der Waals surface area contributed by atoms with Gasteiger partial charge in [0.1, 0.15) is 11.5 Å². The quantitative estimate of drug-likeness (QED) is 0.736. The van der Waals surface area contributed by atoms with Gasteiger partial charge >= 0.3 is 0 Å². The van der Waals surface area contributed by atoms with Gasteiger partial charge < -0.3 is 14.8 Å². The van der Waals surface area contributed by atoms with Gasteiger partial charge in [0.15, 0.2) is 0 Å². The van der Waals surface area contributed by atoms with Crippen LogP contribution in [0.1, 0.15) is 23.6 Å². The smallest absolute Gasteiger partial charge is 0.127 e. The maximum atomic E-state index is 5.76. The Bertz CT molecular complexity index is 936. The average Bonchev–Trinajstić information content (AvgIpc) is 3.03. The van der Waals surface area contributed by atoms with E-state index in [0.717, 1.165) is 60.6 Å². The van der Waals surface area contributed by atoms with E-state index < -0.39 is 0 Å². The van der Waals surface area contributed by atoms with Crippen LogP contribution in [0.2, 0.25) is 0 Å². The zero-order valence-corrected chi connectivity index (χ0v) is 16.5. The lowest BCUT2D eigenvalue weighted by atomic mass is 9.95. The van der Waals surface area contributed by atoms with Gasteiger partial charge in [0.25, 0.3) is 0 Å². The molecule has 1 aliphatic rings. The highest BCUT2D eigenvalue weighted by atomic mass is 16.5. The number of fused-ring (bicyclic) bond motifs is 1. The van der Waals surface area contributed by atoms with E-state index in [1.165, 1.54) is 5.56 Å². The Morgan fingerprint density at radius 3 is 2.75 bits per heavy atom. The van der Waals surface area contributed by atoms with Crippen molar-refractivity contribution < 1.29 is 9.47 Å². The van der Waals surface area contributed by atoms with E-state index in [1.807, 2.05) is 24.4 Å². The third kappa shape index (κ3) is 3.81. The lowest BCUT2D eigenvalue weighted by molar-refractivity contribution is 0.236. The summed E-state index contributed by atoms with van der Waals surface area (Å²) in [6.07, 6.45) is 3.13. The minimum Gasteiger partial charge on any atom is -0.497 e. The molecular formula is C23H27N3O2. The molecule has 1 fully saturated rings. The van der Waals surface area contributed by atoms with Crippen molar-refractivity contribution in [1.29, 1.82) is 0 Å². The maximum absolute atomic E-state index is 5.76. The third-order valence-corrected chi connectivity index (χ3v) is 5.40. The van der Waals surface area contributed by atoms with E-state index >= 15 is 0 Å². The zero-order chi connectivity index (χ0) is 19.3. The molecule has 2 heterocycles. The van der Waals surface area contributed by atoms with Crippen molar-refractivity contribution in [2.24, 2.45) is 0 Å². The number of methoxy groups -OCH3 is 2. The summed E-state index contributed by atoms with van der Waals surface area (Å²) >= 11 is 0. The summed E-state index contributed by atoms with van der Waals surface area (Å²) in [7, 11) is 3.40. The Labute approximate surface area is 166 Å². The van der Waals surface area contributed by atoms with E-state index in [1.54, 1.807) is 14.2 Å². The minimum absolute atomic E-state index is 0.0814. The van der Waals surface area contributed by atoms with Gasteiger partial charge in [-0.1, -0.05) is 18.2 Å². The molecule has 0 saturated carbocycles. The standard InChI is InChI=1S/C23H27N3O2/c1-27-19-8-9-20(22(15-19)28-2)23(26-12-5-10-24-11-13-26)18-14-17-6-3-4-7-21(17)25-16-18/h3-4,6-9,14-16,23-24H,5,10-13H2,1-2H3. The highest BCUT2D eigenvalue weighted by Gasteiger charge is 2.26. The van der Waals surface area contributed by atoms with Crippen molar-refractivity contribution in [3.05, 3.63) is 65.9 Å². The fourth-order valence-electron chi connectivity index (χ4n) is 3.99. The van der Waals surface area contributed by atoms with Gasteiger partial charge in [-0.25, -0.2) is 0 Å². The van der Waals surface area contributed by atoms with E-state index in [2.05, 4.69) is 40.5 Å². The fourth-order valence-corrected chi connectivity index (χ4v) is 3.99. The Morgan fingerprint density at radius 1 is 1.00 bits per heavy atom. The topological polar surface area (TPSA) is 46.6 Å². The number of pyridine rings is 1. The molecule has 4 rings (SSSR count). The van der Waals surface area contributed by atoms with Gasteiger partial charge in [-0.3, -0.25) is 9.88 Å². The molecule has 0 bridgehead atoms. The van der Waals surface area contributed by atoms with Gasteiger partial charge in [0.2, 0.25) is 0 Å². The third-order valence-electron chi connectivity index (χ3n) is 5.40. The summed E-state index contributed by atoms with van der Waals surface area (Å²) in [6, 6.07) is 16.7. The molecule has 1 N–H and O–H groups in total. The van der Waals surface area contributed by atoms with Crippen LogP contribution in [0.3, 0.4) is 0 Å². The summed E-state index contributed by atoms with van der Waals surface area (Å²) in [5.74, 6) is 1.64. The van der Waals surface area contributed by atoms with E-state index in [4.69, 9.17) is 14.5 Å². The molecule has 1 aromatic heterocycles. The first-order valence-electron chi connectivity index (χ1n) is 9.81. The van der Waals surface area contributed by atoms with Crippen LogP contribution >= 0.6 is 0 Å². The van der Waals surface area contributed by atoms with Crippen molar-refractivity contribution in [3.63, 3.8) is 0 Å². The number of nitrogens with zero attached hydrogens (tertiary/aromatic N) is 2. The normalized spacial score (nSPS) is 16.5. The Balaban J connectivity index is 1.83. The van der Waals surface area contributed by atoms with E-state index in [9.17, 15) is 0 Å². The Kier molecular flexibility index (Phi) is 5.74. The predicted molar refractivity (Wildman–Crippen MR) is 112 cm³/mol. The minimum atomic E-state index is 0.0814. The summed E-state index contributed by atoms with van der Waals surface area (Å²) in [4.78, 5) is 7.25. The molecule has 5 nitrogen and oxygen atoms in total. The van der Waals surface area contributed by atoms with Gasteiger partial charge in [-0.15, -0.1) is 0 Å². The van der Waals surface area contributed by atoms with E-state index in [-0.39, 0.29) is 6.04 Å². The number of ether oxygens (including phenoxy) is 2. The SMILES string of the molecule is COc1ccc(C(c2cnc3ccccc3c2)N2CCCNCC2)c(OC)c1. The molecule has 0 aliphatic carbocycles.